The van der Waals surface area contributed by atoms with E-state index in [-0.39, 0.29) is 12.2 Å². The number of ether oxygens (including phenoxy) is 2. The first kappa shape index (κ1) is 14.0. The quantitative estimate of drug-likeness (QED) is 0.821. The molecule has 3 unspecified atom stereocenters. The molecular weight excluding hydrogens is 246 g/mol. The number of likely N-dealkylation sites (tertiary alicyclic amines) is 1. The first-order chi connectivity index (χ1) is 9.11. The molecule has 1 N–H and O–H groups in total. The Morgan fingerprint density at radius 2 is 2.05 bits per heavy atom. The van der Waals surface area contributed by atoms with Gasteiger partial charge in [-0.3, -0.25) is 9.69 Å². The van der Waals surface area contributed by atoms with Gasteiger partial charge in [-0.2, -0.15) is 0 Å². The van der Waals surface area contributed by atoms with E-state index in [9.17, 15) is 9.90 Å². The molecule has 0 amide bonds. The van der Waals surface area contributed by atoms with Crippen molar-refractivity contribution in [3.8, 4) is 0 Å². The van der Waals surface area contributed by atoms with Crippen LogP contribution in [-0.2, 0) is 14.3 Å². The van der Waals surface area contributed by atoms with Gasteiger partial charge in [0.25, 0.3) is 0 Å². The fraction of sp³-hybridized carbons (Fsp3) is 0.500. The van der Waals surface area contributed by atoms with E-state index in [2.05, 4.69) is 0 Å². The monoisotopic (exact) mass is 265 g/mol. The van der Waals surface area contributed by atoms with Gasteiger partial charge >= 0.3 is 5.97 Å². The summed E-state index contributed by atoms with van der Waals surface area (Å²) in [6, 6.07) is 9.77. The predicted molar refractivity (Wildman–Crippen MR) is 69.3 cm³/mol. The topological polar surface area (TPSA) is 59.0 Å². The number of rotatable bonds is 4. The zero-order chi connectivity index (χ0) is 13.8. The molecule has 0 spiro atoms. The van der Waals surface area contributed by atoms with Crippen molar-refractivity contribution in [1.82, 2.24) is 4.90 Å². The van der Waals surface area contributed by atoms with Gasteiger partial charge in [0, 0.05) is 27.1 Å². The zero-order valence-corrected chi connectivity index (χ0v) is 11.2. The summed E-state index contributed by atoms with van der Waals surface area (Å²) >= 11 is 0. The van der Waals surface area contributed by atoms with Gasteiger partial charge in [-0.05, 0) is 5.56 Å². The van der Waals surface area contributed by atoms with Crippen LogP contribution >= 0.6 is 0 Å². The second kappa shape index (κ2) is 6.14. The fourth-order valence-electron chi connectivity index (χ4n) is 2.42. The number of carbonyl (C=O) groups is 1. The molecule has 5 heteroatoms. The third-order valence-electron chi connectivity index (χ3n) is 3.22. The van der Waals surface area contributed by atoms with Crippen LogP contribution in [0.4, 0.5) is 0 Å². The van der Waals surface area contributed by atoms with E-state index >= 15 is 0 Å². The SMILES string of the molecule is COC(c1ccccc1)N1CC(O)C(OC(C)=O)C1. The number of methoxy groups -OCH3 is 1. The average Bonchev–Trinajstić information content (AvgIpc) is 2.72. The Balaban J connectivity index is 2.07. The van der Waals surface area contributed by atoms with Crippen LogP contribution in [0.5, 0.6) is 0 Å². The molecular formula is C14H19NO4. The molecule has 3 atom stereocenters. The highest BCUT2D eigenvalue weighted by Gasteiger charge is 2.37. The van der Waals surface area contributed by atoms with Crippen LogP contribution in [0.25, 0.3) is 0 Å². The first-order valence-electron chi connectivity index (χ1n) is 6.29. The number of nitrogens with zero attached hydrogens (tertiary/aromatic N) is 1. The highest BCUT2D eigenvalue weighted by atomic mass is 16.6. The van der Waals surface area contributed by atoms with Gasteiger partial charge in [0.05, 0.1) is 0 Å². The van der Waals surface area contributed by atoms with Gasteiger partial charge in [-0.1, -0.05) is 30.3 Å². The lowest BCUT2D eigenvalue weighted by Gasteiger charge is -2.26. The lowest BCUT2D eigenvalue weighted by molar-refractivity contribution is -0.149. The Kier molecular flexibility index (Phi) is 4.52. The minimum absolute atomic E-state index is 0.239. The fourth-order valence-corrected chi connectivity index (χ4v) is 2.42. The molecule has 0 bridgehead atoms. The Morgan fingerprint density at radius 1 is 1.37 bits per heavy atom. The van der Waals surface area contributed by atoms with Crippen molar-refractivity contribution in [2.45, 2.75) is 25.4 Å². The second-order valence-corrected chi connectivity index (χ2v) is 4.67. The summed E-state index contributed by atoms with van der Waals surface area (Å²) < 4.78 is 10.6. The van der Waals surface area contributed by atoms with Gasteiger partial charge in [0.15, 0.2) is 0 Å². The molecule has 19 heavy (non-hydrogen) atoms. The van der Waals surface area contributed by atoms with Crippen LogP contribution in [0.15, 0.2) is 30.3 Å². The molecule has 1 fully saturated rings. The molecule has 1 saturated heterocycles. The minimum atomic E-state index is -0.676. The van der Waals surface area contributed by atoms with Gasteiger partial charge in [0.2, 0.25) is 0 Å². The lowest BCUT2D eigenvalue weighted by atomic mass is 10.2. The van der Waals surface area contributed by atoms with Crippen LogP contribution in [0, 0.1) is 0 Å². The highest BCUT2D eigenvalue weighted by molar-refractivity contribution is 5.66. The molecule has 1 aliphatic rings. The number of hydrogen-bond donors (Lipinski definition) is 1. The molecule has 0 aliphatic carbocycles. The molecule has 5 nitrogen and oxygen atoms in total. The van der Waals surface area contributed by atoms with E-state index in [4.69, 9.17) is 9.47 Å². The zero-order valence-electron chi connectivity index (χ0n) is 11.2. The van der Waals surface area contributed by atoms with E-state index in [0.29, 0.717) is 13.1 Å². The summed E-state index contributed by atoms with van der Waals surface area (Å²) in [4.78, 5) is 12.9. The molecule has 1 aromatic carbocycles. The van der Waals surface area contributed by atoms with E-state index < -0.39 is 12.2 Å². The molecule has 104 valence electrons. The number of esters is 1. The van der Waals surface area contributed by atoms with Crippen LogP contribution < -0.4 is 0 Å². The van der Waals surface area contributed by atoms with E-state index in [1.165, 1.54) is 6.92 Å². The first-order valence-corrected chi connectivity index (χ1v) is 6.29. The molecule has 1 heterocycles. The summed E-state index contributed by atoms with van der Waals surface area (Å²) in [7, 11) is 1.63. The maximum Gasteiger partial charge on any atom is 0.303 e. The van der Waals surface area contributed by atoms with Crippen molar-refractivity contribution in [1.29, 1.82) is 0 Å². The second-order valence-electron chi connectivity index (χ2n) is 4.67. The number of benzene rings is 1. The molecule has 1 aliphatic heterocycles. The molecule has 0 aromatic heterocycles. The molecule has 2 rings (SSSR count). The Hall–Kier alpha value is -1.43. The number of carbonyl (C=O) groups excluding carboxylic acids is 1. The Bertz CT molecular complexity index is 423. The standard InChI is InChI=1S/C14H19NO4/c1-10(16)19-13-9-15(8-12(13)17)14(18-2)11-6-4-3-5-7-11/h3-7,12-14,17H,8-9H2,1-2H3. The van der Waals surface area contributed by atoms with Crippen molar-refractivity contribution in [3.05, 3.63) is 35.9 Å². The van der Waals surface area contributed by atoms with Gasteiger partial charge < -0.3 is 14.6 Å². The smallest absolute Gasteiger partial charge is 0.303 e. The summed E-state index contributed by atoms with van der Waals surface area (Å²) in [6.07, 6.45) is -1.40. The van der Waals surface area contributed by atoms with Crippen molar-refractivity contribution in [2.75, 3.05) is 20.2 Å². The molecule has 0 saturated carbocycles. The number of aliphatic hydroxyl groups excluding tert-OH is 1. The normalized spacial score (nSPS) is 25.2. The van der Waals surface area contributed by atoms with Crippen LogP contribution in [0.3, 0.4) is 0 Å². The minimum Gasteiger partial charge on any atom is -0.458 e. The summed E-state index contributed by atoms with van der Waals surface area (Å²) in [5, 5.41) is 9.93. The van der Waals surface area contributed by atoms with Crippen molar-refractivity contribution < 1.29 is 19.4 Å². The number of β-amino-alcohol motifs (C(OH)–C–C–N with tert-alkyl or cyclic N) is 1. The van der Waals surface area contributed by atoms with Crippen LogP contribution in [0.1, 0.15) is 18.7 Å². The Morgan fingerprint density at radius 3 is 2.63 bits per heavy atom. The maximum atomic E-state index is 11.0. The molecule has 0 radical (unpaired) electrons. The predicted octanol–water partition coefficient (Wildman–Crippen LogP) is 0.940. The van der Waals surface area contributed by atoms with Crippen molar-refractivity contribution >= 4 is 5.97 Å². The van der Waals surface area contributed by atoms with Crippen molar-refractivity contribution in [2.24, 2.45) is 0 Å². The average molecular weight is 265 g/mol. The van der Waals surface area contributed by atoms with E-state index in [0.717, 1.165) is 5.56 Å². The van der Waals surface area contributed by atoms with E-state index in [1.54, 1.807) is 7.11 Å². The van der Waals surface area contributed by atoms with Gasteiger partial charge in [-0.15, -0.1) is 0 Å². The van der Waals surface area contributed by atoms with Gasteiger partial charge in [-0.25, -0.2) is 0 Å². The highest BCUT2D eigenvalue weighted by Crippen LogP contribution is 2.26. The number of hydrogen-bond acceptors (Lipinski definition) is 5. The Labute approximate surface area is 112 Å². The van der Waals surface area contributed by atoms with Crippen molar-refractivity contribution in [3.63, 3.8) is 0 Å². The van der Waals surface area contributed by atoms with E-state index in [1.807, 2.05) is 35.2 Å². The van der Waals surface area contributed by atoms with Gasteiger partial charge in [0.1, 0.15) is 18.4 Å². The molecule has 1 aromatic rings. The summed E-state index contributed by atoms with van der Waals surface area (Å²) in [6.45, 7) is 2.24. The third kappa shape index (κ3) is 3.32. The van der Waals surface area contributed by atoms with Crippen LogP contribution in [-0.4, -0.2) is 48.4 Å². The third-order valence-corrected chi connectivity index (χ3v) is 3.22. The van der Waals surface area contributed by atoms with Crippen LogP contribution in [0.2, 0.25) is 0 Å². The lowest BCUT2D eigenvalue weighted by Crippen LogP contribution is -2.30. The summed E-state index contributed by atoms with van der Waals surface area (Å²) in [5.41, 5.74) is 1.01. The summed E-state index contributed by atoms with van der Waals surface area (Å²) in [5.74, 6) is -0.375. The number of aliphatic hydroxyl groups is 1. The largest absolute Gasteiger partial charge is 0.458 e. The maximum absolute atomic E-state index is 11.0.